The standard InChI is InChI=1S/C14H17ClN2O/c15-14-9-13(6-5-11(14)10-16)17(7-8-18)12-3-1-2-4-12/h5-6,9,12,18H,1-4,7-8H2. The lowest BCUT2D eigenvalue weighted by molar-refractivity contribution is 0.297. The van der Waals surface area contributed by atoms with E-state index in [0.717, 1.165) is 18.5 Å². The molecule has 0 amide bonds. The number of halogens is 1. The number of nitriles is 1. The van der Waals surface area contributed by atoms with E-state index in [-0.39, 0.29) is 6.61 Å². The van der Waals surface area contributed by atoms with Crippen molar-refractivity contribution in [2.45, 2.75) is 31.7 Å². The van der Waals surface area contributed by atoms with Crippen molar-refractivity contribution in [2.75, 3.05) is 18.1 Å². The van der Waals surface area contributed by atoms with Crippen LogP contribution in [0.2, 0.25) is 5.02 Å². The zero-order chi connectivity index (χ0) is 13.0. The van der Waals surface area contributed by atoms with Crippen LogP contribution in [0.25, 0.3) is 0 Å². The fourth-order valence-electron chi connectivity index (χ4n) is 2.62. The lowest BCUT2D eigenvalue weighted by Gasteiger charge is -2.30. The van der Waals surface area contributed by atoms with E-state index in [0.29, 0.717) is 23.2 Å². The van der Waals surface area contributed by atoms with Gasteiger partial charge in [-0.2, -0.15) is 5.26 Å². The first-order chi connectivity index (χ1) is 8.76. The van der Waals surface area contributed by atoms with Crippen molar-refractivity contribution in [1.29, 1.82) is 5.26 Å². The molecular weight excluding hydrogens is 248 g/mol. The average Bonchev–Trinajstić information content (AvgIpc) is 2.89. The number of benzene rings is 1. The summed E-state index contributed by atoms with van der Waals surface area (Å²) in [6, 6.07) is 8.04. The molecule has 1 N–H and O–H groups in total. The molecule has 0 unspecified atom stereocenters. The summed E-state index contributed by atoms with van der Waals surface area (Å²) in [5, 5.41) is 18.6. The molecule has 2 rings (SSSR count). The Morgan fingerprint density at radius 2 is 2.11 bits per heavy atom. The summed E-state index contributed by atoms with van der Waals surface area (Å²) in [5.74, 6) is 0. The molecule has 0 atom stereocenters. The molecule has 1 aliphatic carbocycles. The molecule has 0 heterocycles. The van der Waals surface area contributed by atoms with Gasteiger partial charge >= 0.3 is 0 Å². The SMILES string of the molecule is N#Cc1ccc(N(CCO)C2CCCC2)cc1Cl. The predicted octanol–water partition coefficient (Wildman–Crippen LogP) is 2.95. The Kier molecular flexibility index (Phi) is 4.46. The Balaban J connectivity index is 2.25. The zero-order valence-corrected chi connectivity index (χ0v) is 11.0. The first-order valence-electron chi connectivity index (χ1n) is 6.33. The van der Waals surface area contributed by atoms with Crippen LogP contribution in [-0.4, -0.2) is 24.3 Å². The summed E-state index contributed by atoms with van der Waals surface area (Å²) < 4.78 is 0. The largest absolute Gasteiger partial charge is 0.395 e. The van der Waals surface area contributed by atoms with Crippen molar-refractivity contribution in [3.8, 4) is 6.07 Å². The second-order valence-electron chi connectivity index (χ2n) is 4.63. The summed E-state index contributed by atoms with van der Waals surface area (Å²) in [7, 11) is 0. The molecule has 0 spiro atoms. The van der Waals surface area contributed by atoms with Crippen LogP contribution in [0, 0.1) is 11.3 Å². The lowest BCUT2D eigenvalue weighted by Crippen LogP contribution is -2.35. The minimum absolute atomic E-state index is 0.133. The van der Waals surface area contributed by atoms with Gasteiger partial charge in [-0.15, -0.1) is 0 Å². The quantitative estimate of drug-likeness (QED) is 0.910. The highest BCUT2D eigenvalue weighted by Gasteiger charge is 2.22. The Morgan fingerprint density at radius 3 is 2.67 bits per heavy atom. The van der Waals surface area contributed by atoms with Gasteiger partial charge in [0.05, 0.1) is 17.2 Å². The van der Waals surface area contributed by atoms with E-state index < -0.39 is 0 Å². The van der Waals surface area contributed by atoms with E-state index in [1.165, 1.54) is 12.8 Å². The number of rotatable bonds is 4. The smallest absolute Gasteiger partial charge is 0.101 e. The first-order valence-corrected chi connectivity index (χ1v) is 6.71. The highest BCUT2D eigenvalue weighted by atomic mass is 35.5. The van der Waals surface area contributed by atoms with Gasteiger partial charge in [-0.1, -0.05) is 24.4 Å². The van der Waals surface area contributed by atoms with Crippen molar-refractivity contribution in [2.24, 2.45) is 0 Å². The highest BCUT2D eigenvalue weighted by molar-refractivity contribution is 6.32. The van der Waals surface area contributed by atoms with E-state index in [4.69, 9.17) is 16.9 Å². The molecule has 0 aliphatic heterocycles. The first kappa shape index (κ1) is 13.2. The number of anilines is 1. The third-order valence-electron chi connectivity index (χ3n) is 3.51. The minimum Gasteiger partial charge on any atom is -0.395 e. The van der Waals surface area contributed by atoms with Crippen LogP contribution in [0.1, 0.15) is 31.2 Å². The van der Waals surface area contributed by atoms with Gasteiger partial charge in [-0.25, -0.2) is 0 Å². The van der Waals surface area contributed by atoms with Gasteiger partial charge in [0.1, 0.15) is 6.07 Å². The van der Waals surface area contributed by atoms with Crippen LogP contribution in [0.3, 0.4) is 0 Å². The van der Waals surface area contributed by atoms with E-state index in [1.807, 2.05) is 12.1 Å². The van der Waals surface area contributed by atoms with E-state index in [9.17, 15) is 5.11 Å². The second kappa shape index (κ2) is 6.08. The van der Waals surface area contributed by atoms with Crippen LogP contribution in [0.4, 0.5) is 5.69 Å². The van der Waals surface area contributed by atoms with Crippen molar-refractivity contribution in [3.63, 3.8) is 0 Å². The zero-order valence-electron chi connectivity index (χ0n) is 10.3. The molecule has 4 heteroatoms. The number of nitrogens with zero attached hydrogens (tertiary/aromatic N) is 2. The molecule has 0 saturated heterocycles. The molecular formula is C14H17ClN2O. The Labute approximate surface area is 113 Å². The Morgan fingerprint density at radius 1 is 1.39 bits per heavy atom. The highest BCUT2D eigenvalue weighted by Crippen LogP contribution is 2.30. The summed E-state index contributed by atoms with van der Waals surface area (Å²) in [4.78, 5) is 2.21. The lowest BCUT2D eigenvalue weighted by atomic mass is 10.1. The van der Waals surface area contributed by atoms with Crippen molar-refractivity contribution < 1.29 is 5.11 Å². The van der Waals surface area contributed by atoms with Crippen LogP contribution in [0.15, 0.2) is 18.2 Å². The average molecular weight is 265 g/mol. The maximum Gasteiger partial charge on any atom is 0.101 e. The fraction of sp³-hybridized carbons (Fsp3) is 0.500. The van der Waals surface area contributed by atoms with Gasteiger partial charge in [-0.05, 0) is 31.0 Å². The van der Waals surface area contributed by atoms with Gasteiger partial charge in [0.15, 0.2) is 0 Å². The minimum atomic E-state index is 0.133. The van der Waals surface area contributed by atoms with Crippen LogP contribution in [-0.2, 0) is 0 Å². The monoisotopic (exact) mass is 264 g/mol. The Hall–Kier alpha value is -1.24. The molecule has 1 saturated carbocycles. The van der Waals surface area contributed by atoms with Gasteiger partial charge in [0.25, 0.3) is 0 Å². The Bertz CT molecular complexity index is 450. The summed E-state index contributed by atoms with van der Waals surface area (Å²) in [6.07, 6.45) is 4.82. The molecule has 1 aliphatic rings. The van der Waals surface area contributed by atoms with Crippen LogP contribution < -0.4 is 4.90 Å². The van der Waals surface area contributed by atoms with Crippen LogP contribution >= 0.6 is 11.6 Å². The molecule has 0 radical (unpaired) electrons. The maximum absolute atomic E-state index is 9.20. The van der Waals surface area contributed by atoms with Gasteiger partial charge < -0.3 is 10.0 Å². The molecule has 1 aromatic rings. The number of hydrogen-bond donors (Lipinski definition) is 1. The maximum atomic E-state index is 9.20. The van der Waals surface area contributed by atoms with Crippen molar-refractivity contribution in [1.82, 2.24) is 0 Å². The normalized spacial score (nSPS) is 15.6. The molecule has 3 nitrogen and oxygen atoms in total. The van der Waals surface area contributed by atoms with E-state index in [1.54, 1.807) is 6.07 Å². The third-order valence-corrected chi connectivity index (χ3v) is 3.82. The number of aliphatic hydroxyl groups excluding tert-OH is 1. The van der Waals surface area contributed by atoms with Crippen molar-refractivity contribution in [3.05, 3.63) is 28.8 Å². The van der Waals surface area contributed by atoms with Crippen LogP contribution in [0.5, 0.6) is 0 Å². The molecule has 1 fully saturated rings. The summed E-state index contributed by atoms with van der Waals surface area (Å²) in [5.41, 5.74) is 1.50. The summed E-state index contributed by atoms with van der Waals surface area (Å²) in [6.45, 7) is 0.751. The fourth-order valence-corrected chi connectivity index (χ4v) is 2.84. The van der Waals surface area contributed by atoms with E-state index in [2.05, 4.69) is 11.0 Å². The summed E-state index contributed by atoms with van der Waals surface area (Å²) >= 11 is 6.07. The number of hydrogen-bond acceptors (Lipinski definition) is 3. The number of aliphatic hydroxyl groups is 1. The van der Waals surface area contributed by atoms with Gasteiger partial charge in [0, 0.05) is 18.3 Å². The van der Waals surface area contributed by atoms with Crippen molar-refractivity contribution >= 4 is 17.3 Å². The molecule has 0 aromatic heterocycles. The molecule has 1 aromatic carbocycles. The van der Waals surface area contributed by atoms with Gasteiger partial charge in [-0.3, -0.25) is 0 Å². The second-order valence-corrected chi connectivity index (χ2v) is 5.04. The predicted molar refractivity (Wildman–Crippen MR) is 72.9 cm³/mol. The molecule has 18 heavy (non-hydrogen) atoms. The third kappa shape index (κ3) is 2.77. The van der Waals surface area contributed by atoms with E-state index >= 15 is 0 Å². The topological polar surface area (TPSA) is 47.3 Å². The molecule has 0 bridgehead atoms. The molecule has 96 valence electrons. The van der Waals surface area contributed by atoms with Gasteiger partial charge in [0.2, 0.25) is 0 Å².